The summed E-state index contributed by atoms with van der Waals surface area (Å²) < 4.78 is 0. The number of hydrogen-bond acceptors (Lipinski definition) is 3. The summed E-state index contributed by atoms with van der Waals surface area (Å²) in [5.74, 6) is 0. The van der Waals surface area contributed by atoms with Crippen molar-refractivity contribution in [2.45, 2.75) is 168 Å². The molecule has 2 heterocycles. The fraction of sp³-hybridized carbons (Fsp3) is 0.382. The number of anilines is 9. The van der Waals surface area contributed by atoms with Gasteiger partial charge in [-0.25, -0.2) is 0 Å². The van der Waals surface area contributed by atoms with Crippen molar-refractivity contribution < 1.29 is 0 Å². The zero-order valence-corrected chi connectivity index (χ0v) is 46.1. The lowest BCUT2D eigenvalue weighted by atomic mass is 9.33. The van der Waals surface area contributed by atoms with E-state index in [2.05, 4.69) is 246 Å². The first kappa shape index (κ1) is 47.0. The van der Waals surface area contributed by atoms with Crippen LogP contribution in [0, 0.1) is 20.8 Å². The van der Waals surface area contributed by atoms with Crippen molar-refractivity contribution in [1.82, 2.24) is 0 Å². The third-order valence-corrected chi connectivity index (χ3v) is 18.8. The summed E-state index contributed by atoms with van der Waals surface area (Å²) in [4.78, 5) is 7.89. The SMILES string of the molecule is Cc1cc2c3c(c1)N(c1ccc4c(c1C)C(C)(C)CC4(C)C)c1ccc(N(c4ccccc4)c4ccccc4)cc1B3c1cc3c(cc1N2c1cc2c(cc1C)C(C)(C)CCC2(C)C)C(C)(C)CCC3(C)C. The molecule has 0 atom stereocenters. The zero-order chi connectivity index (χ0) is 50.8. The van der Waals surface area contributed by atoms with E-state index in [-0.39, 0.29) is 39.2 Å². The van der Waals surface area contributed by atoms with Gasteiger partial charge in [0, 0.05) is 51.2 Å². The van der Waals surface area contributed by atoms with Gasteiger partial charge in [-0.15, -0.1) is 0 Å². The Morgan fingerprint density at radius 2 is 0.861 bits per heavy atom. The van der Waals surface area contributed by atoms with Crippen LogP contribution in [0.25, 0.3) is 0 Å². The molecule has 0 bridgehead atoms. The minimum atomic E-state index is -0.0222. The molecule has 0 saturated carbocycles. The van der Waals surface area contributed by atoms with Crippen LogP contribution in [-0.2, 0) is 32.5 Å². The Balaban J connectivity index is 1.21. The Kier molecular flexibility index (Phi) is 10.1. The third-order valence-electron chi connectivity index (χ3n) is 18.8. The highest BCUT2D eigenvalue weighted by Crippen LogP contribution is 2.56. The van der Waals surface area contributed by atoms with E-state index >= 15 is 0 Å². The maximum Gasteiger partial charge on any atom is 0.252 e. The minimum absolute atomic E-state index is 0.0222. The molecule has 0 spiro atoms. The second-order valence-corrected chi connectivity index (χ2v) is 26.8. The van der Waals surface area contributed by atoms with Crippen molar-refractivity contribution in [1.29, 1.82) is 0 Å². The molecule has 7 aromatic carbocycles. The molecule has 0 radical (unpaired) electrons. The molecular weight excluding hydrogens is 870 g/mol. The summed E-state index contributed by atoms with van der Waals surface area (Å²) in [6, 6.07) is 49.9. The Morgan fingerprint density at radius 1 is 0.389 bits per heavy atom. The monoisotopic (exact) mass is 946 g/mol. The molecule has 0 saturated heterocycles. The van der Waals surface area contributed by atoms with Crippen LogP contribution in [0.5, 0.6) is 0 Å². The van der Waals surface area contributed by atoms with Crippen molar-refractivity contribution >= 4 is 74.3 Å². The van der Waals surface area contributed by atoms with Crippen LogP contribution in [0.1, 0.15) is 165 Å². The molecular formula is C68H76BN3. The quantitative estimate of drug-likeness (QED) is 0.159. The molecule has 3 aliphatic carbocycles. The largest absolute Gasteiger partial charge is 0.311 e. The van der Waals surface area contributed by atoms with Crippen LogP contribution in [0.3, 0.4) is 0 Å². The normalized spacial score (nSPS) is 19.6. The first-order valence-corrected chi connectivity index (χ1v) is 27.2. The fourth-order valence-corrected chi connectivity index (χ4v) is 15.1. The van der Waals surface area contributed by atoms with Crippen LogP contribution in [0.4, 0.5) is 51.2 Å². The number of rotatable bonds is 5. The minimum Gasteiger partial charge on any atom is -0.311 e. The highest BCUT2D eigenvalue weighted by molar-refractivity contribution is 7.00. The van der Waals surface area contributed by atoms with Gasteiger partial charge in [-0.3, -0.25) is 0 Å². The highest BCUT2D eigenvalue weighted by Gasteiger charge is 2.49. The molecule has 0 N–H and O–H groups in total. The van der Waals surface area contributed by atoms with E-state index in [0.717, 1.165) is 23.5 Å². The Morgan fingerprint density at radius 3 is 1.42 bits per heavy atom. The number of hydrogen-bond donors (Lipinski definition) is 0. The van der Waals surface area contributed by atoms with Crippen LogP contribution in [-0.4, -0.2) is 6.71 Å². The van der Waals surface area contributed by atoms with E-state index in [4.69, 9.17) is 0 Å². The second-order valence-electron chi connectivity index (χ2n) is 26.8. The molecule has 0 fully saturated rings. The Hall–Kier alpha value is -6.00. The predicted molar refractivity (Wildman–Crippen MR) is 311 cm³/mol. The molecule has 0 unspecified atom stereocenters. The van der Waals surface area contributed by atoms with Gasteiger partial charge in [0.05, 0.1) is 0 Å². The van der Waals surface area contributed by atoms with Crippen LogP contribution in [0.2, 0.25) is 0 Å². The van der Waals surface area contributed by atoms with E-state index in [1.807, 2.05) is 0 Å². The average Bonchev–Trinajstić information content (AvgIpc) is 3.52. The topological polar surface area (TPSA) is 9.72 Å². The number of para-hydroxylation sites is 2. The first-order valence-electron chi connectivity index (χ1n) is 27.2. The molecule has 7 aromatic rings. The van der Waals surface area contributed by atoms with E-state index in [9.17, 15) is 0 Å². The molecule has 4 heteroatoms. The maximum absolute atomic E-state index is 2.75. The summed E-state index contributed by atoms with van der Waals surface area (Å²) in [6.45, 7) is 36.8. The number of benzene rings is 7. The van der Waals surface area contributed by atoms with Gasteiger partial charge in [0.2, 0.25) is 0 Å². The van der Waals surface area contributed by atoms with Gasteiger partial charge in [-0.2, -0.15) is 0 Å². The molecule has 0 amide bonds. The lowest BCUT2D eigenvalue weighted by Gasteiger charge is -2.48. The number of aryl methyl sites for hydroxylation is 2. The van der Waals surface area contributed by atoms with Gasteiger partial charge >= 0.3 is 0 Å². The lowest BCUT2D eigenvalue weighted by Crippen LogP contribution is -2.62. The average molecular weight is 946 g/mol. The summed E-state index contributed by atoms with van der Waals surface area (Å²) in [7, 11) is 0. The summed E-state index contributed by atoms with van der Waals surface area (Å²) in [5.41, 5.74) is 28.8. The molecule has 366 valence electrons. The summed E-state index contributed by atoms with van der Waals surface area (Å²) in [6.07, 6.45) is 5.84. The summed E-state index contributed by atoms with van der Waals surface area (Å²) >= 11 is 0. The highest BCUT2D eigenvalue weighted by atomic mass is 15.2. The second kappa shape index (κ2) is 15.5. The van der Waals surface area contributed by atoms with Gasteiger partial charge in [0.15, 0.2) is 0 Å². The molecule has 12 rings (SSSR count). The van der Waals surface area contributed by atoms with E-state index in [1.165, 1.54) is 126 Å². The molecule has 2 aliphatic heterocycles. The van der Waals surface area contributed by atoms with Crippen LogP contribution >= 0.6 is 0 Å². The van der Waals surface area contributed by atoms with Crippen LogP contribution in [0.15, 0.2) is 127 Å². The van der Waals surface area contributed by atoms with E-state index in [1.54, 1.807) is 0 Å². The Bertz CT molecular complexity index is 3350. The summed E-state index contributed by atoms with van der Waals surface area (Å²) in [5, 5.41) is 0. The predicted octanol–water partition coefficient (Wildman–Crippen LogP) is 16.8. The smallest absolute Gasteiger partial charge is 0.252 e. The third kappa shape index (κ3) is 6.89. The van der Waals surface area contributed by atoms with Crippen molar-refractivity contribution in [2.75, 3.05) is 14.7 Å². The van der Waals surface area contributed by atoms with Gasteiger partial charge < -0.3 is 14.7 Å². The molecule has 0 aromatic heterocycles. The van der Waals surface area contributed by atoms with Crippen LogP contribution < -0.4 is 31.1 Å². The van der Waals surface area contributed by atoms with E-state index < -0.39 is 0 Å². The van der Waals surface area contributed by atoms with Crippen molar-refractivity contribution in [3.05, 3.63) is 177 Å². The van der Waals surface area contributed by atoms with Crippen molar-refractivity contribution in [3.63, 3.8) is 0 Å². The van der Waals surface area contributed by atoms with Gasteiger partial charge in [-0.1, -0.05) is 138 Å². The molecule has 3 nitrogen and oxygen atoms in total. The van der Waals surface area contributed by atoms with Crippen molar-refractivity contribution in [3.8, 4) is 0 Å². The first-order chi connectivity index (χ1) is 33.9. The zero-order valence-electron chi connectivity index (χ0n) is 46.1. The number of nitrogens with zero attached hydrogens (tertiary/aromatic N) is 3. The lowest BCUT2D eigenvalue weighted by molar-refractivity contribution is 0.331. The van der Waals surface area contributed by atoms with Gasteiger partial charge in [0.1, 0.15) is 0 Å². The van der Waals surface area contributed by atoms with E-state index in [0.29, 0.717) is 0 Å². The van der Waals surface area contributed by atoms with Gasteiger partial charge in [-0.05, 0) is 225 Å². The molecule has 72 heavy (non-hydrogen) atoms. The Labute approximate surface area is 432 Å². The molecule has 5 aliphatic rings. The fourth-order valence-electron chi connectivity index (χ4n) is 15.1. The van der Waals surface area contributed by atoms with Gasteiger partial charge in [0.25, 0.3) is 6.71 Å². The number of fused-ring (bicyclic) bond motifs is 7. The standard InChI is InChI=1S/C68H76BN3/c1-42-34-59-62-60(35-42)72(57-39-51-49(36-43(57)2)63(4,5)30-32-65(51,8)9)58-40-52-50(64(6,7)31-33-66(52,10)11)38-54(58)69(62)53-37-47(70(45-22-18-16-19-23-45)46-24-20-17-21-25-46)26-28-56(53)71(59)55-29-27-48-61(44(55)3)68(14,15)41-67(48,12)13/h16-29,34-40H,30-33,41H2,1-15H3. The maximum atomic E-state index is 2.75. The van der Waals surface area contributed by atoms with Crippen molar-refractivity contribution in [2.24, 2.45) is 0 Å².